The second kappa shape index (κ2) is 7.50. The molecule has 3 aromatic carbocycles. The maximum Gasteiger partial charge on any atom is 1.00 e. The molecule has 0 saturated carbocycles. The van der Waals surface area contributed by atoms with Gasteiger partial charge < -0.3 is 0 Å². The second-order valence-electron chi connectivity index (χ2n) is 7.90. The van der Waals surface area contributed by atoms with Crippen LogP contribution in [0.15, 0.2) is 91.0 Å². The van der Waals surface area contributed by atoms with Crippen molar-refractivity contribution in [1.82, 2.24) is 0 Å². The van der Waals surface area contributed by atoms with Crippen LogP contribution in [0.4, 0.5) is 0 Å². The van der Waals surface area contributed by atoms with Crippen molar-refractivity contribution in [2.75, 3.05) is 0 Å². The Morgan fingerprint density at radius 3 is 1.10 bits per heavy atom. The van der Waals surface area contributed by atoms with Gasteiger partial charge in [0.05, 0.1) is 8.80 Å². The molecule has 133 valence electrons. The quantitative estimate of drug-likeness (QED) is 0.610. The van der Waals surface area contributed by atoms with E-state index in [0.29, 0.717) is 16.6 Å². The molecule has 0 fully saturated rings. The van der Waals surface area contributed by atoms with Crippen molar-refractivity contribution in [3.63, 3.8) is 0 Å². The maximum absolute atomic E-state index is 2.49. The third-order valence-electron chi connectivity index (χ3n) is 6.48. The Kier molecular flexibility index (Phi) is 4.84. The first-order valence-corrected chi connectivity index (χ1v) is 11.8. The first-order valence-electron chi connectivity index (χ1n) is 10.1. The molecule has 29 heavy (non-hydrogen) atoms. The Hall–Kier alpha value is -2.31. The van der Waals surface area contributed by atoms with E-state index in [1.807, 2.05) is 0 Å². The molecular weight excluding hydrogens is 359 g/mol. The molecule has 0 heterocycles. The Morgan fingerprint density at radius 1 is 0.448 bits per heavy atom. The molecule has 6 rings (SSSR count). The van der Waals surface area contributed by atoms with Gasteiger partial charge in [-0.1, -0.05) is 109 Å². The summed E-state index contributed by atoms with van der Waals surface area (Å²) >= 11 is 0. The first-order chi connectivity index (χ1) is 13.9. The molecular formula is C27H21LiSi+. The molecule has 3 unspecified atom stereocenters. The van der Waals surface area contributed by atoms with E-state index in [1.165, 1.54) is 33.4 Å². The Bertz CT molecular complexity index is 1010. The summed E-state index contributed by atoms with van der Waals surface area (Å²) < 4.78 is 0. The minimum Gasteiger partial charge on any atom is -0.0793 e. The van der Waals surface area contributed by atoms with Gasteiger partial charge >= 0.3 is 18.9 Å². The van der Waals surface area contributed by atoms with Crippen LogP contribution in [0.2, 0.25) is 0 Å². The van der Waals surface area contributed by atoms with Gasteiger partial charge in [-0.25, -0.2) is 0 Å². The van der Waals surface area contributed by atoms with Crippen molar-refractivity contribution >= 4 is 27.0 Å². The van der Waals surface area contributed by atoms with E-state index < -0.39 is 8.80 Å². The zero-order valence-corrected chi connectivity index (χ0v) is 17.6. The number of rotatable bonds is 3. The van der Waals surface area contributed by atoms with E-state index in [2.05, 4.69) is 109 Å². The van der Waals surface area contributed by atoms with Gasteiger partial charge in [0.1, 0.15) is 0 Å². The molecule has 0 nitrogen and oxygen atoms in total. The van der Waals surface area contributed by atoms with Gasteiger partial charge in [-0.05, 0) is 50.0 Å². The summed E-state index contributed by atoms with van der Waals surface area (Å²) in [5.41, 5.74) is 10.4. The number of fused-ring (bicyclic) bond motifs is 3. The van der Waals surface area contributed by atoms with Crippen molar-refractivity contribution in [2.24, 2.45) is 0 Å². The zero-order valence-electron chi connectivity index (χ0n) is 16.6. The molecule has 0 aliphatic heterocycles. The Balaban J connectivity index is 0.00000181. The van der Waals surface area contributed by atoms with Crippen LogP contribution < -0.4 is 18.9 Å². The van der Waals surface area contributed by atoms with E-state index in [-0.39, 0.29) is 18.9 Å². The maximum atomic E-state index is 2.49. The summed E-state index contributed by atoms with van der Waals surface area (Å²) in [6.45, 7) is 0. The van der Waals surface area contributed by atoms with Crippen LogP contribution in [0.5, 0.6) is 0 Å². The summed E-state index contributed by atoms with van der Waals surface area (Å²) in [7, 11) is -0.874. The molecule has 0 saturated heterocycles. The van der Waals surface area contributed by atoms with E-state index in [4.69, 9.17) is 0 Å². The average Bonchev–Trinajstić information content (AvgIpc) is 3.47. The SMILES string of the molecule is C1=CC([Si](C2C=Cc3ccccc32)C2C=Cc3ccccc32)c2ccccc21.[Li+]. The summed E-state index contributed by atoms with van der Waals surface area (Å²) in [5, 5.41) is 0. The Labute approximate surface area is 186 Å². The monoisotopic (exact) mass is 380 g/mol. The molecule has 0 N–H and O–H groups in total. The van der Waals surface area contributed by atoms with Crippen LogP contribution in [-0.2, 0) is 0 Å². The second-order valence-corrected chi connectivity index (χ2v) is 10.8. The third kappa shape index (κ3) is 2.97. The topological polar surface area (TPSA) is 0 Å². The standard InChI is InChI=1S/C27H21Si.Li/c1-4-10-22-19(7-1)13-16-25(22)28(26-17-14-20-8-2-5-11-23(20)26)27-18-15-21-9-3-6-12-24(21)27;/h1-18,25-27H;/q;+1. The van der Waals surface area contributed by atoms with E-state index in [0.717, 1.165) is 0 Å². The third-order valence-corrected chi connectivity index (χ3v) is 10.1. The van der Waals surface area contributed by atoms with Crippen molar-refractivity contribution in [3.05, 3.63) is 124 Å². The fourth-order valence-corrected chi connectivity index (χ4v) is 9.18. The van der Waals surface area contributed by atoms with Crippen molar-refractivity contribution < 1.29 is 18.9 Å². The van der Waals surface area contributed by atoms with Gasteiger partial charge in [-0.3, -0.25) is 0 Å². The minimum absolute atomic E-state index is 0. The minimum atomic E-state index is -0.874. The average molecular weight is 380 g/mol. The fraction of sp³-hybridized carbons (Fsp3) is 0.111. The number of allylic oxidation sites excluding steroid dienone is 3. The normalized spacial score (nSPS) is 22.4. The largest absolute Gasteiger partial charge is 1.00 e. The van der Waals surface area contributed by atoms with Gasteiger partial charge in [0.25, 0.3) is 0 Å². The summed E-state index contributed by atoms with van der Waals surface area (Å²) in [4.78, 5) is 0. The summed E-state index contributed by atoms with van der Waals surface area (Å²) in [5.74, 6) is 0. The van der Waals surface area contributed by atoms with Crippen molar-refractivity contribution in [1.29, 1.82) is 0 Å². The molecule has 3 aliphatic rings. The number of hydrogen-bond acceptors (Lipinski definition) is 0. The molecule has 0 aromatic heterocycles. The van der Waals surface area contributed by atoms with E-state index in [1.54, 1.807) is 0 Å². The molecule has 0 bridgehead atoms. The molecule has 1 radical (unpaired) electrons. The molecule has 0 amide bonds. The van der Waals surface area contributed by atoms with Crippen LogP contribution in [0.1, 0.15) is 50.0 Å². The molecule has 3 atom stereocenters. The number of hydrogen-bond donors (Lipinski definition) is 0. The summed E-state index contributed by atoms with van der Waals surface area (Å²) in [6.07, 6.45) is 14.5. The molecule has 3 aliphatic carbocycles. The van der Waals surface area contributed by atoms with Gasteiger partial charge in [0, 0.05) is 0 Å². The molecule has 3 aromatic rings. The van der Waals surface area contributed by atoms with Crippen LogP contribution in [0.3, 0.4) is 0 Å². The van der Waals surface area contributed by atoms with Crippen LogP contribution >= 0.6 is 0 Å². The predicted octanol–water partition coefficient (Wildman–Crippen LogP) is 3.53. The van der Waals surface area contributed by atoms with Crippen molar-refractivity contribution in [3.8, 4) is 0 Å². The van der Waals surface area contributed by atoms with E-state index >= 15 is 0 Å². The van der Waals surface area contributed by atoms with E-state index in [9.17, 15) is 0 Å². The van der Waals surface area contributed by atoms with Gasteiger partial charge in [0.15, 0.2) is 0 Å². The smallest absolute Gasteiger partial charge is 0.0793 e. The van der Waals surface area contributed by atoms with Crippen LogP contribution in [-0.4, -0.2) is 8.80 Å². The Morgan fingerprint density at radius 2 is 0.759 bits per heavy atom. The van der Waals surface area contributed by atoms with Crippen LogP contribution in [0, 0.1) is 0 Å². The van der Waals surface area contributed by atoms with Gasteiger partial charge in [-0.15, -0.1) is 0 Å². The van der Waals surface area contributed by atoms with Crippen molar-refractivity contribution in [2.45, 2.75) is 16.6 Å². The molecule has 2 heteroatoms. The zero-order chi connectivity index (χ0) is 18.5. The van der Waals surface area contributed by atoms with Gasteiger partial charge in [-0.2, -0.15) is 0 Å². The first kappa shape index (κ1) is 18.7. The van der Waals surface area contributed by atoms with Crippen LogP contribution in [0.25, 0.3) is 18.2 Å². The van der Waals surface area contributed by atoms with Gasteiger partial charge in [0.2, 0.25) is 0 Å². The summed E-state index contributed by atoms with van der Waals surface area (Å²) in [6, 6.07) is 26.9. The molecule has 0 spiro atoms. The number of benzene rings is 3. The fourth-order valence-electron chi connectivity index (χ4n) is 5.20. The predicted molar refractivity (Wildman–Crippen MR) is 120 cm³/mol.